The van der Waals surface area contributed by atoms with Gasteiger partial charge in [0.25, 0.3) is 23.6 Å². The van der Waals surface area contributed by atoms with Crippen LogP contribution in [-0.2, 0) is 32.3 Å². The van der Waals surface area contributed by atoms with Gasteiger partial charge in [-0.3, -0.25) is 29.0 Å². The molecule has 0 spiro atoms. The van der Waals surface area contributed by atoms with Crippen molar-refractivity contribution < 1.29 is 19.2 Å². The van der Waals surface area contributed by atoms with Crippen LogP contribution in [0.1, 0.15) is 114 Å². The number of nitrogens with zero attached hydrogens (tertiary/aromatic N) is 6. The molecule has 0 atom stereocenters. The van der Waals surface area contributed by atoms with Gasteiger partial charge in [-0.1, -0.05) is 77.6 Å². The summed E-state index contributed by atoms with van der Waals surface area (Å²) in [5, 5.41) is 22.3. The van der Waals surface area contributed by atoms with Crippen LogP contribution >= 0.6 is 22.7 Å². The molecule has 0 N–H and O–H groups in total. The van der Waals surface area contributed by atoms with Gasteiger partial charge in [-0.05, 0) is 98.2 Å². The quantitative estimate of drug-likeness (QED) is 0.0812. The number of anilines is 2. The summed E-state index contributed by atoms with van der Waals surface area (Å²) in [7, 11) is 0. The van der Waals surface area contributed by atoms with Crippen LogP contribution in [0.2, 0.25) is 0 Å². The Kier molecular flexibility index (Phi) is 16.4. The first-order valence-corrected chi connectivity index (χ1v) is 22.8. The number of rotatable bonds is 20. The summed E-state index contributed by atoms with van der Waals surface area (Å²) >= 11 is 3.18. The number of hydrogen-bond acceptors (Lipinski definition) is 10. The molecular weight excluding hydrogens is 789 g/mol. The molecular formula is C48H56N6O4S2. The molecule has 4 heterocycles. The van der Waals surface area contributed by atoms with Gasteiger partial charge in [0.2, 0.25) is 0 Å². The summed E-state index contributed by atoms with van der Waals surface area (Å²) in [6.45, 7) is 15.7. The van der Waals surface area contributed by atoms with Crippen LogP contribution in [0.5, 0.6) is 0 Å². The molecule has 2 aliphatic rings. The summed E-state index contributed by atoms with van der Waals surface area (Å²) in [4.78, 5) is 63.7. The molecule has 0 saturated carbocycles. The molecule has 0 saturated heterocycles. The second-order valence-electron chi connectivity index (χ2n) is 15.3. The molecule has 4 amide bonds. The molecule has 3 aromatic rings. The molecule has 2 aliphatic heterocycles. The summed E-state index contributed by atoms with van der Waals surface area (Å²) < 4.78 is 0. The van der Waals surface area contributed by atoms with E-state index in [2.05, 4.69) is 49.6 Å². The van der Waals surface area contributed by atoms with Crippen LogP contribution in [0.3, 0.4) is 0 Å². The molecule has 5 rings (SSSR count). The first-order chi connectivity index (χ1) is 29.0. The fourth-order valence-electron chi connectivity index (χ4n) is 7.19. The lowest BCUT2D eigenvalue weighted by Gasteiger charge is -2.28. The number of carbonyl (C=O) groups excluding carboxylic acids is 4. The third kappa shape index (κ3) is 10.6. The maximum absolute atomic E-state index is 14.0. The van der Waals surface area contributed by atoms with Crippen LogP contribution in [0.25, 0.3) is 12.2 Å². The zero-order valence-corrected chi connectivity index (χ0v) is 37.4. The lowest BCUT2D eigenvalue weighted by atomic mass is 9.94. The van der Waals surface area contributed by atoms with Gasteiger partial charge >= 0.3 is 0 Å². The first-order valence-electron chi connectivity index (χ1n) is 21.2. The highest BCUT2D eigenvalue weighted by atomic mass is 32.1. The summed E-state index contributed by atoms with van der Waals surface area (Å²) in [5.74, 6) is -2.26. The molecule has 12 heteroatoms. The van der Waals surface area contributed by atoms with E-state index in [1.54, 1.807) is 72.9 Å². The number of thiophene rings is 2. The van der Waals surface area contributed by atoms with E-state index < -0.39 is 23.6 Å². The topological polar surface area (TPSA) is 129 Å². The van der Waals surface area contributed by atoms with Gasteiger partial charge in [0.15, 0.2) is 0 Å². The third-order valence-electron chi connectivity index (χ3n) is 10.9. The molecule has 60 heavy (non-hydrogen) atoms. The van der Waals surface area contributed by atoms with E-state index in [9.17, 15) is 29.7 Å². The van der Waals surface area contributed by atoms with Gasteiger partial charge in [-0.25, -0.2) is 0 Å². The highest BCUT2D eigenvalue weighted by molar-refractivity contribution is 7.17. The van der Waals surface area contributed by atoms with E-state index in [0.29, 0.717) is 33.4 Å². The van der Waals surface area contributed by atoms with Crippen molar-refractivity contribution in [1.82, 2.24) is 9.80 Å². The molecule has 0 aliphatic carbocycles. The number of carbonyl (C=O) groups is 4. The largest absolute Gasteiger partial charge is 0.363 e. The fraction of sp³-hybridized carbons (Fsp3) is 0.417. The summed E-state index contributed by atoms with van der Waals surface area (Å²) in [6.07, 6.45) is 12.3. The van der Waals surface area contributed by atoms with Crippen molar-refractivity contribution in [3.63, 3.8) is 0 Å². The zero-order valence-electron chi connectivity index (χ0n) is 35.8. The Morgan fingerprint density at radius 3 is 1.17 bits per heavy atom. The predicted molar refractivity (Wildman–Crippen MR) is 243 cm³/mol. The van der Waals surface area contributed by atoms with Crippen molar-refractivity contribution >= 4 is 68.5 Å². The lowest BCUT2D eigenvalue weighted by Crippen LogP contribution is -2.42. The number of benzene rings is 1. The molecule has 2 aromatic heterocycles. The smallest absolute Gasteiger partial charge is 0.271 e. The standard InChI is InChI=1S/C48H56N6O4S2/c1-7-11-23-51(24-12-8-2)43-21-19-37(59-43)27-39-33(5)41(29-49)47(57)53(45(39)55)31-35-15-17-36(18-16-35)32-54-46(56)40(34(6)42(30-50)48(54)58)28-38-20-22-44(60-38)52(25-13-9-3)26-14-10-4/h15-22,27-28H,7-14,23-26,31-32H2,1-6H3/b39-27-,40-28+. The normalized spacial score (nSPS) is 16.1. The maximum atomic E-state index is 14.0. The Balaban J connectivity index is 1.34. The minimum absolute atomic E-state index is 0.0721. The fourth-order valence-corrected chi connectivity index (χ4v) is 9.19. The van der Waals surface area contributed by atoms with Gasteiger partial charge in [-0.15, -0.1) is 22.7 Å². The van der Waals surface area contributed by atoms with Gasteiger partial charge in [0.05, 0.1) is 23.1 Å². The highest BCUT2D eigenvalue weighted by Gasteiger charge is 2.37. The van der Waals surface area contributed by atoms with E-state index in [1.807, 2.05) is 24.3 Å². The number of hydrogen-bond donors (Lipinski definition) is 0. The molecule has 0 bridgehead atoms. The van der Waals surface area contributed by atoms with Gasteiger partial charge in [0.1, 0.15) is 23.3 Å². The van der Waals surface area contributed by atoms with Crippen molar-refractivity contribution in [3.05, 3.63) is 103 Å². The van der Waals surface area contributed by atoms with Gasteiger partial charge in [-0.2, -0.15) is 10.5 Å². The molecule has 1 aromatic carbocycles. The van der Waals surface area contributed by atoms with Crippen LogP contribution in [0.15, 0.2) is 82.0 Å². The molecule has 314 valence electrons. The van der Waals surface area contributed by atoms with Crippen molar-refractivity contribution in [2.24, 2.45) is 0 Å². The number of nitriles is 2. The second kappa shape index (κ2) is 21.6. The van der Waals surface area contributed by atoms with Crippen LogP contribution < -0.4 is 9.80 Å². The summed E-state index contributed by atoms with van der Waals surface area (Å²) in [5.41, 5.74) is 2.42. The number of unbranched alkanes of at least 4 members (excludes halogenated alkanes) is 4. The average Bonchev–Trinajstić information content (AvgIpc) is 3.92. The third-order valence-corrected chi connectivity index (χ3v) is 13.1. The van der Waals surface area contributed by atoms with Crippen molar-refractivity contribution in [3.8, 4) is 12.1 Å². The average molecular weight is 845 g/mol. The SMILES string of the molecule is CCCCN(CCCC)c1ccc(/C=C2\C(=O)N(Cc3ccc(CN4C(=O)C(C#N)=C(C)/C(=C\c5ccc(N(CCCC)CCCC)s5)C4=O)cc3)C(=O)C(C#N)=C2C)s1. The minimum atomic E-state index is -0.652. The maximum Gasteiger partial charge on any atom is 0.271 e. The van der Waals surface area contributed by atoms with Gasteiger partial charge in [0, 0.05) is 47.1 Å². The Morgan fingerprint density at radius 2 is 0.867 bits per heavy atom. The van der Waals surface area contributed by atoms with Crippen molar-refractivity contribution in [1.29, 1.82) is 10.5 Å². The van der Waals surface area contributed by atoms with E-state index in [-0.39, 0.29) is 24.2 Å². The summed E-state index contributed by atoms with van der Waals surface area (Å²) in [6, 6.07) is 19.1. The van der Waals surface area contributed by atoms with E-state index >= 15 is 0 Å². The lowest BCUT2D eigenvalue weighted by molar-refractivity contribution is -0.142. The Labute approximate surface area is 363 Å². The predicted octanol–water partition coefficient (Wildman–Crippen LogP) is 10.2. The van der Waals surface area contributed by atoms with Crippen LogP contribution in [0.4, 0.5) is 10.0 Å². The van der Waals surface area contributed by atoms with E-state index in [0.717, 1.165) is 107 Å². The first kappa shape index (κ1) is 45.5. The number of imide groups is 2. The Bertz CT molecular complexity index is 2100. The molecule has 10 nitrogen and oxygen atoms in total. The second-order valence-corrected chi connectivity index (χ2v) is 17.5. The minimum Gasteiger partial charge on any atom is -0.363 e. The van der Waals surface area contributed by atoms with Crippen molar-refractivity contribution in [2.75, 3.05) is 36.0 Å². The molecule has 0 radical (unpaired) electrons. The monoisotopic (exact) mass is 844 g/mol. The Morgan fingerprint density at radius 1 is 0.533 bits per heavy atom. The molecule has 0 unspecified atom stereocenters. The van der Waals surface area contributed by atoms with Crippen molar-refractivity contribution in [2.45, 2.75) is 106 Å². The zero-order chi connectivity index (χ0) is 43.3. The van der Waals surface area contributed by atoms with Crippen LogP contribution in [0, 0.1) is 22.7 Å². The van der Waals surface area contributed by atoms with Gasteiger partial charge < -0.3 is 9.80 Å². The Hall–Kier alpha value is -5.56. The van der Waals surface area contributed by atoms with E-state index in [1.165, 1.54) is 0 Å². The molecule has 0 fully saturated rings. The highest BCUT2D eigenvalue weighted by Crippen LogP contribution is 2.35. The van der Waals surface area contributed by atoms with Crippen LogP contribution in [-0.4, -0.2) is 59.6 Å². The van der Waals surface area contributed by atoms with E-state index in [4.69, 9.17) is 0 Å². The number of amides is 4.